The van der Waals surface area contributed by atoms with Crippen LogP contribution in [0.15, 0.2) is 10.6 Å². The van der Waals surface area contributed by atoms with Gasteiger partial charge in [-0.1, -0.05) is 0 Å². The summed E-state index contributed by atoms with van der Waals surface area (Å²) >= 11 is 1.63. The number of thioether (sulfide) groups is 1. The van der Waals surface area contributed by atoms with Gasteiger partial charge in [-0.05, 0) is 26.9 Å². The van der Waals surface area contributed by atoms with Gasteiger partial charge in [0.05, 0.1) is 17.2 Å². The van der Waals surface area contributed by atoms with Gasteiger partial charge in [0.15, 0.2) is 0 Å². The van der Waals surface area contributed by atoms with Crippen molar-refractivity contribution in [1.82, 2.24) is 4.90 Å². The molecular weight excluding hydrogens is 224 g/mol. The second-order valence-electron chi connectivity index (χ2n) is 4.31. The molecule has 0 bridgehead atoms. The third-order valence-electron chi connectivity index (χ3n) is 3.17. The minimum atomic E-state index is -0.218. The molecule has 2 N–H and O–H groups in total. The second-order valence-corrected chi connectivity index (χ2v) is 5.59. The number of rotatable bonds is 2. The summed E-state index contributed by atoms with van der Waals surface area (Å²) in [6.45, 7) is 4.26. The van der Waals surface area contributed by atoms with Crippen LogP contribution in [0.5, 0.6) is 0 Å². The third-order valence-corrected chi connectivity index (χ3v) is 4.43. The zero-order valence-corrected chi connectivity index (χ0v) is 10.5. The Bertz CT molecular complexity index is 330. The molecule has 0 aromatic carbocycles. The number of nitrogens with zero attached hydrogens (tertiary/aromatic N) is 1. The lowest BCUT2D eigenvalue weighted by Gasteiger charge is -2.32. The second kappa shape index (κ2) is 4.67. The number of hydrogen-bond donors (Lipinski definition) is 1. The number of esters is 1. The minimum absolute atomic E-state index is 0.218. The molecule has 2 aliphatic heterocycles. The van der Waals surface area contributed by atoms with Gasteiger partial charge >= 0.3 is 5.97 Å². The number of carbonyl (C=O) groups excluding carboxylic acids is 1. The van der Waals surface area contributed by atoms with Crippen LogP contribution in [0.2, 0.25) is 0 Å². The molecule has 0 aliphatic carbocycles. The number of likely N-dealkylation sites (tertiary alicyclic amines) is 1. The highest BCUT2D eigenvalue weighted by Crippen LogP contribution is 2.44. The Hall–Kier alpha value is -0.680. The van der Waals surface area contributed by atoms with Gasteiger partial charge in [-0.2, -0.15) is 0 Å². The van der Waals surface area contributed by atoms with Crippen molar-refractivity contribution >= 4 is 17.7 Å². The first-order valence-electron chi connectivity index (χ1n) is 5.65. The van der Waals surface area contributed by atoms with Crippen LogP contribution in [-0.4, -0.2) is 42.9 Å². The number of hydrogen-bond acceptors (Lipinski definition) is 5. The van der Waals surface area contributed by atoms with E-state index in [9.17, 15) is 4.79 Å². The van der Waals surface area contributed by atoms with Crippen LogP contribution in [0.4, 0.5) is 0 Å². The van der Waals surface area contributed by atoms with Crippen molar-refractivity contribution in [2.75, 3.05) is 26.7 Å². The summed E-state index contributed by atoms with van der Waals surface area (Å²) < 4.78 is 5.07. The van der Waals surface area contributed by atoms with Crippen LogP contribution in [-0.2, 0) is 9.53 Å². The van der Waals surface area contributed by atoms with E-state index in [2.05, 4.69) is 11.9 Å². The number of nitrogens with two attached hydrogens (primary N) is 1. The monoisotopic (exact) mass is 242 g/mol. The molecule has 0 unspecified atom stereocenters. The summed E-state index contributed by atoms with van der Waals surface area (Å²) in [7, 11) is 2.11. The molecule has 0 aromatic rings. The number of piperidine rings is 1. The first-order valence-corrected chi connectivity index (χ1v) is 6.53. The Morgan fingerprint density at radius 2 is 2.44 bits per heavy atom. The van der Waals surface area contributed by atoms with Gasteiger partial charge in [-0.15, -0.1) is 11.8 Å². The normalized spacial score (nSPS) is 30.4. The fraction of sp³-hybridized carbons (Fsp3) is 0.727. The molecule has 2 aliphatic rings. The SMILES string of the molecule is CCOC(=O)C1=C(N)S[C@H]2CN(C)CC[C@H]12. The number of fused-ring (bicyclic) bond motifs is 1. The molecule has 0 spiro atoms. The maximum atomic E-state index is 11.8. The zero-order chi connectivity index (χ0) is 11.7. The van der Waals surface area contributed by atoms with Crippen molar-refractivity contribution in [2.45, 2.75) is 18.6 Å². The van der Waals surface area contributed by atoms with Gasteiger partial charge in [-0.25, -0.2) is 4.79 Å². The largest absolute Gasteiger partial charge is 0.463 e. The molecule has 5 heteroatoms. The van der Waals surface area contributed by atoms with Crippen LogP contribution < -0.4 is 5.73 Å². The molecule has 1 fully saturated rings. The third kappa shape index (κ3) is 2.06. The van der Waals surface area contributed by atoms with Gasteiger partial charge in [0.25, 0.3) is 0 Å². The van der Waals surface area contributed by atoms with Crippen molar-refractivity contribution in [3.05, 3.63) is 10.6 Å². The highest BCUT2D eigenvalue weighted by atomic mass is 32.2. The van der Waals surface area contributed by atoms with Crippen molar-refractivity contribution < 1.29 is 9.53 Å². The van der Waals surface area contributed by atoms with Crippen LogP contribution in [0, 0.1) is 5.92 Å². The average Bonchev–Trinajstić information content (AvgIpc) is 2.53. The number of ether oxygens (including phenoxy) is 1. The highest BCUT2D eigenvalue weighted by molar-refractivity contribution is 8.04. The lowest BCUT2D eigenvalue weighted by atomic mass is 9.89. The van der Waals surface area contributed by atoms with Crippen molar-refractivity contribution in [3.8, 4) is 0 Å². The van der Waals surface area contributed by atoms with Crippen LogP contribution in [0.25, 0.3) is 0 Å². The smallest absolute Gasteiger partial charge is 0.336 e. The lowest BCUT2D eigenvalue weighted by molar-refractivity contribution is -0.139. The van der Waals surface area contributed by atoms with Crippen LogP contribution >= 0.6 is 11.8 Å². The van der Waals surface area contributed by atoms with Gasteiger partial charge in [0, 0.05) is 17.7 Å². The Balaban J connectivity index is 2.13. The van der Waals surface area contributed by atoms with E-state index in [4.69, 9.17) is 10.5 Å². The van der Waals surface area contributed by atoms with E-state index < -0.39 is 0 Å². The molecule has 1 saturated heterocycles. The first kappa shape index (κ1) is 11.8. The van der Waals surface area contributed by atoms with E-state index >= 15 is 0 Å². The molecule has 2 rings (SSSR count). The summed E-state index contributed by atoms with van der Waals surface area (Å²) in [5.74, 6) is 0.0739. The number of carbonyl (C=O) groups is 1. The van der Waals surface area contributed by atoms with Crippen LogP contribution in [0.1, 0.15) is 13.3 Å². The standard InChI is InChI=1S/C11H18N2O2S/c1-3-15-11(14)9-7-4-5-13(2)6-8(7)16-10(9)12/h7-8H,3-6,12H2,1-2H3/t7-,8-/m0/s1. The van der Waals surface area contributed by atoms with Crippen molar-refractivity contribution in [2.24, 2.45) is 11.7 Å². The summed E-state index contributed by atoms with van der Waals surface area (Å²) in [6, 6.07) is 0. The quantitative estimate of drug-likeness (QED) is 0.725. The van der Waals surface area contributed by atoms with Gasteiger partial charge in [0.1, 0.15) is 0 Å². The first-order chi connectivity index (χ1) is 7.63. The van der Waals surface area contributed by atoms with Crippen LogP contribution in [0.3, 0.4) is 0 Å². The van der Waals surface area contributed by atoms with Crippen molar-refractivity contribution in [1.29, 1.82) is 0 Å². The molecule has 0 saturated carbocycles. The predicted molar refractivity (Wildman–Crippen MR) is 64.8 cm³/mol. The average molecular weight is 242 g/mol. The van der Waals surface area contributed by atoms with Gasteiger partial charge in [0.2, 0.25) is 0 Å². The molecule has 16 heavy (non-hydrogen) atoms. The maximum Gasteiger partial charge on any atom is 0.336 e. The maximum absolute atomic E-state index is 11.8. The summed E-state index contributed by atoms with van der Waals surface area (Å²) in [5.41, 5.74) is 6.67. The topological polar surface area (TPSA) is 55.6 Å². The molecule has 0 amide bonds. The minimum Gasteiger partial charge on any atom is -0.463 e. The molecular formula is C11H18N2O2S. The lowest BCUT2D eigenvalue weighted by Crippen LogP contribution is -2.39. The Kier molecular flexibility index (Phi) is 3.44. The van der Waals surface area contributed by atoms with Crippen molar-refractivity contribution in [3.63, 3.8) is 0 Å². The molecule has 0 aromatic heterocycles. The van der Waals surface area contributed by atoms with E-state index in [1.807, 2.05) is 6.92 Å². The zero-order valence-electron chi connectivity index (χ0n) is 9.73. The summed E-state index contributed by atoms with van der Waals surface area (Å²) in [5, 5.41) is 1.10. The predicted octanol–water partition coefficient (Wildman–Crippen LogP) is 0.787. The molecule has 2 atom stereocenters. The van der Waals surface area contributed by atoms with E-state index in [1.165, 1.54) is 0 Å². The van der Waals surface area contributed by atoms with Gasteiger partial charge < -0.3 is 15.4 Å². The molecule has 2 heterocycles. The van der Waals surface area contributed by atoms with E-state index in [-0.39, 0.29) is 5.97 Å². The Morgan fingerprint density at radius 3 is 3.12 bits per heavy atom. The highest BCUT2D eigenvalue weighted by Gasteiger charge is 2.41. The Labute approximate surface area is 100 Å². The molecule has 0 radical (unpaired) electrons. The fourth-order valence-corrected chi connectivity index (χ4v) is 3.84. The van der Waals surface area contributed by atoms with E-state index in [0.29, 0.717) is 22.8 Å². The summed E-state index contributed by atoms with van der Waals surface area (Å²) in [6.07, 6.45) is 1.00. The molecule has 4 nitrogen and oxygen atoms in total. The Morgan fingerprint density at radius 1 is 1.69 bits per heavy atom. The van der Waals surface area contributed by atoms with E-state index in [1.54, 1.807) is 11.8 Å². The van der Waals surface area contributed by atoms with Gasteiger partial charge in [-0.3, -0.25) is 0 Å². The fourth-order valence-electron chi connectivity index (χ4n) is 2.39. The molecule has 90 valence electrons. The summed E-state index contributed by atoms with van der Waals surface area (Å²) in [4.78, 5) is 14.1. The van der Waals surface area contributed by atoms with E-state index in [0.717, 1.165) is 25.1 Å².